The summed E-state index contributed by atoms with van der Waals surface area (Å²) in [6, 6.07) is 4.93. The topological polar surface area (TPSA) is 97.4 Å². The van der Waals surface area contributed by atoms with E-state index in [1.165, 1.54) is 11.3 Å². The molecule has 2 aromatic rings. The molecule has 1 aliphatic carbocycles. The second-order valence-corrected chi connectivity index (χ2v) is 7.60. The predicted molar refractivity (Wildman–Crippen MR) is 108 cm³/mol. The van der Waals surface area contributed by atoms with Crippen molar-refractivity contribution in [3.8, 4) is 0 Å². The van der Waals surface area contributed by atoms with E-state index in [0.717, 1.165) is 24.8 Å². The van der Waals surface area contributed by atoms with Crippen LogP contribution in [0.4, 0.5) is 15.6 Å². The van der Waals surface area contributed by atoms with E-state index in [4.69, 9.17) is 4.74 Å². The number of thiazole rings is 1. The third-order valence-corrected chi connectivity index (χ3v) is 5.37. The highest BCUT2D eigenvalue weighted by Crippen LogP contribution is 2.32. The highest BCUT2D eigenvalue weighted by atomic mass is 32.1. The molecular weight excluding hydrogens is 378 g/mol. The van der Waals surface area contributed by atoms with E-state index in [2.05, 4.69) is 15.6 Å². The second-order valence-electron chi connectivity index (χ2n) is 6.75. The molecule has 1 saturated carbocycles. The van der Waals surface area contributed by atoms with Gasteiger partial charge in [0.2, 0.25) is 0 Å². The van der Waals surface area contributed by atoms with Crippen LogP contribution in [0.25, 0.3) is 0 Å². The van der Waals surface area contributed by atoms with Crippen LogP contribution in [0, 0.1) is 12.8 Å². The van der Waals surface area contributed by atoms with Crippen molar-refractivity contribution >= 4 is 39.9 Å². The van der Waals surface area contributed by atoms with E-state index < -0.39 is 6.03 Å². The van der Waals surface area contributed by atoms with Crippen molar-refractivity contribution in [1.82, 2.24) is 4.98 Å². The zero-order valence-corrected chi connectivity index (χ0v) is 16.7. The fraction of sp³-hybridized carbons (Fsp3) is 0.400. The number of hydrogen-bond acceptors (Lipinski definition) is 6. The number of aryl methyl sites for hydroxylation is 1. The lowest BCUT2D eigenvalue weighted by Crippen LogP contribution is -2.25. The Balaban J connectivity index is 1.64. The molecule has 28 heavy (non-hydrogen) atoms. The number of ether oxygens (including phenoxy) is 1. The fourth-order valence-corrected chi connectivity index (χ4v) is 3.62. The van der Waals surface area contributed by atoms with Gasteiger partial charge in [0.25, 0.3) is 0 Å². The van der Waals surface area contributed by atoms with Gasteiger partial charge in [-0.3, -0.25) is 14.9 Å². The smallest absolute Gasteiger partial charge is 0.325 e. The molecule has 8 heteroatoms. The molecule has 1 aromatic heterocycles. The molecule has 3 rings (SSSR count). The molecule has 2 N–H and O–H groups in total. The summed E-state index contributed by atoms with van der Waals surface area (Å²) in [5.74, 6) is -0.228. The second kappa shape index (κ2) is 8.97. The minimum absolute atomic E-state index is 0.0507. The van der Waals surface area contributed by atoms with E-state index in [1.807, 2.05) is 19.1 Å². The fourth-order valence-electron chi connectivity index (χ4n) is 2.92. The predicted octanol–water partition coefficient (Wildman–Crippen LogP) is 4.18. The summed E-state index contributed by atoms with van der Waals surface area (Å²) < 4.78 is 4.89. The van der Waals surface area contributed by atoms with Gasteiger partial charge in [-0.15, -0.1) is 11.3 Å². The first-order chi connectivity index (χ1) is 13.5. The first-order valence-electron chi connectivity index (χ1n) is 9.29. The molecule has 0 aliphatic heterocycles. The summed E-state index contributed by atoms with van der Waals surface area (Å²) in [5.41, 5.74) is 2.54. The Bertz CT molecular complexity index is 889. The van der Waals surface area contributed by atoms with Gasteiger partial charge in [0.15, 0.2) is 10.9 Å². The standard InChI is InChI=1S/C20H23N3O4S/c1-3-27-17(24)10-14-11-28-20(21-14)23-19(26)22-16-8-7-12(2)9-15(16)18(25)13-5-4-6-13/h7-9,11,13H,3-6,10H2,1-2H3,(H2,21,22,23,26). The zero-order chi connectivity index (χ0) is 20.1. The van der Waals surface area contributed by atoms with Crippen LogP contribution >= 0.6 is 11.3 Å². The summed E-state index contributed by atoms with van der Waals surface area (Å²) in [4.78, 5) is 40.8. The molecule has 7 nitrogen and oxygen atoms in total. The van der Waals surface area contributed by atoms with E-state index in [-0.39, 0.29) is 24.1 Å². The monoisotopic (exact) mass is 401 g/mol. The minimum Gasteiger partial charge on any atom is -0.466 e. The SMILES string of the molecule is CCOC(=O)Cc1csc(NC(=O)Nc2ccc(C)cc2C(=O)C2CCC2)n1. The Morgan fingerprint density at radius 1 is 1.25 bits per heavy atom. The molecule has 0 radical (unpaired) electrons. The summed E-state index contributed by atoms with van der Waals surface area (Å²) in [6.07, 6.45) is 2.94. The van der Waals surface area contributed by atoms with Gasteiger partial charge in [-0.1, -0.05) is 18.1 Å². The molecule has 0 unspecified atom stereocenters. The van der Waals surface area contributed by atoms with E-state index in [9.17, 15) is 14.4 Å². The van der Waals surface area contributed by atoms with Gasteiger partial charge in [0.05, 0.1) is 24.4 Å². The van der Waals surface area contributed by atoms with Gasteiger partial charge in [-0.05, 0) is 38.8 Å². The molecule has 1 heterocycles. The first kappa shape index (κ1) is 20.0. The van der Waals surface area contributed by atoms with Crippen LogP contribution in [-0.4, -0.2) is 29.4 Å². The average Bonchev–Trinajstić information content (AvgIpc) is 3.01. The number of ketones is 1. The lowest BCUT2D eigenvalue weighted by Gasteiger charge is -2.25. The number of benzene rings is 1. The van der Waals surface area contributed by atoms with Crippen LogP contribution in [0.1, 0.15) is 47.8 Å². The summed E-state index contributed by atoms with van der Waals surface area (Å²) in [6.45, 7) is 3.97. The Morgan fingerprint density at radius 2 is 2.04 bits per heavy atom. The molecule has 1 aromatic carbocycles. The number of carbonyl (C=O) groups is 3. The Morgan fingerprint density at radius 3 is 2.71 bits per heavy atom. The van der Waals surface area contributed by atoms with Crippen LogP contribution in [0.3, 0.4) is 0 Å². The highest BCUT2D eigenvalue weighted by molar-refractivity contribution is 7.14. The third kappa shape index (κ3) is 4.95. The number of amides is 2. The van der Waals surface area contributed by atoms with Crippen molar-refractivity contribution in [3.63, 3.8) is 0 Å². The summed E-state index contributed by atoms with van der Waals surface area (Å²) in [5, 5.41) is 7.46. The number of rotatable bonds is 7. The number of nitrogens with zero attached hydrogens (tertiary/aromatic N) is 1. The first-order valence-corrected chi connectivity index (χ1v) is 10.2. The number of esters is 1. The van der Waals surface area contributed by atoms with E-state index in [0.29, 0.717) is 28.7 Å². The largest absolute Gasteiger partial charge is 0.466 e. The van der Waals surface area contributed by atoms with Crippen LogP contribution in [0.2, 0.25) is 0 Å². The van der Waals surface area contributed by atoms with Gasteiger partial charge in [0.1, 0.15) is 0 Å². The van der Waals surface area contributed by atoms with E-state index in [1.54, 1.807) is 18.4 Å². The quantitative estimate of drug-likeness (QED) is 0.536. The van der Waals surface area contributed by atoms with Gasteiger partial charge in [0, 0.05) is 16.9 Å². The molecule has 0 saturated heterocycles. The molecule has 1 aliphatic rings. The summed E-state index contributed by atoms with van der Waals surface area (Å²) >= 11 is 1.22. The molecule has 2 amide bonds. The van der Waals surface area contributed by atoms with Crippen molar-refractivity contribution in [3.05, 3.63) is 40.4 Å². The number of anilines is 2. The van der Waals surface area contributed by atoms with Crippen LogP contribution < -0.4 is 10.6 Å². The molecule has 0 atom stereocenters. The number of urea groups is 1. The molecule has 1 fully saturated rings. The lowest BCUT2D eigenvalue weighted by atomic mass is 9.79. The van der Waals surface area contributed by atoms with Crippen LogP contribution in [0.5, 0.6) is 0 Å². The van der Waals surface area contributed by atoms with Gasteiger partial charge in [-0.2, -0.15) is 0 Å². The van der Waals surface area contributed by atoms with Gasteiger partial charge < -0.3 is 10.1 Å². The van der Waals surface area contributed by atoms with Crippen LogP contribution in [-0.2, 0) is 16.0 Å². The molecule has 0 bridgehead atoms. The van der Waals surface area contributed by atoms with Crippen molar-refractivity contribution < 1.29 is 19.1 Å². The lowest BCUT2D eigenvalue weighted by molar-refractivity contribution is -0.142. The van der Waals surface area contributed by atoms with E-state index >= 15 is 0 Å². The molecule has 0 spiro atoms. The zero-order valence-electron chi connectivity index (χ0n) is 15.9. The van der Waals surface area contributed by atoms with Crippen molar-refractivity contribution in [2.45, 2.75) is 39.5 Å². The number of aromatic nitrogens is 1. The van der Waals surface area contributed by atoms with Gasteiger partial charge in [-0.25, -0.2) is 9.78 Å². The van der Waals surface area contributed by atoms with Crippen molar-refractivity contribution in [2.24, 2.45) is 5.92 Å². The normalized spacial score (nSPS) is 13.5. The maximum Gasteiger partial charge on any atom is 0.325 e. The Labute approximate surface area is 167 Å². The number of Topliss-reactive ketones (excluding diaryl/α,β-unsaturated/α-hetero) is 1. The van der Waals surface area contributed by atoms with Crippen molar-refractivity contribution in [2.75, 3.05) is 17.2 Å². The summed E-state index contributed by atoms with van der Waals surface area (Å²) in [7, 11) is 0. The van der Waals surface area contributed by atoms with Crippen molar-refractivity contribution in [1.29, 1.82) is 0 Å². The average molecular weight is 401 g/mol. The van der Waals surface area contributed by atoms with Gasteiger partial charge >= 0.3 is 12.0 Å². The number of hydrogen-bond donors (Lipinski definition) is 2. The minimum atomic E-state index is -0.483. The molecular formula is C20H23N3O4S. The third-order valence-electron chi connectivity index (χ3n) is 4.57. The highest BCUT2D eigenvalue weighted by Gasteiger charge is 2.28. The maximum absolute atomic E-state index is 12.7. The number of nitrogens with one attached hydrogen (secondary N) is 2. The number of carbonyl (C=O) groups excluding carboxylic acids is 3. The van der Waals surface area contributed by atoms with Crippen LogP contribution in [0.15, 0.2) is 23.6 Å². The Hall–Kier alpha value is -2.74. The molecule has 148 valence electrons. The Kier molecular flexibility index (Phi) is 6.41. The maximum atomic E-state index is 12.7.